The molecule has 394 valence electrons. The summed E-state index contributed by atoms with van der Waals surface area (Å²) in [4.78, 5) is 38.2. The van der Waals surface area contributed by atoms with Gasteiger partial charge in [0.25, 0.3) is 0 Å². The third-order valence-electron chi connectivity index (χ3n) is 12.2. The molecule has 0 aliphatic carbocycles. The van der Waals surface area contributed by atoms with E-state index in [1.165, 1.54) is 128 Å². The molecule has 0 fully saturated rings. The van der Waals surface area contributed by atoms with E-state index in [1.54, 1.807) is 0 Å². The summed E-state index contributed by atoms with van der Waals surface area (Å²) >= 11 is 0. The molecule has 0 saturated heterocycles. The summed E-state index contributed by atoms with van der Waals surface area (Å²) in [5.74, 6) is -0.951. The Kier molecular flexibility index (Phi) is 53.9. The topological polar surface area (TPSA) is 78.9 Å². The number of carbonyl (C=O) groups excluding carboxylic acids is 3. The molecular weight excluding hydrogens is 853 g/mol. The van der Waals surface area contributed by atoms with E-state index in [-0.39, 0.29) is 31.1 Å². The maximum absolute atomic E-state index is 12.9. The molecule has 6 nitrogen and oxygen atoms in total. The van der Waals surface area contributed by atoms with Crippen molar-refractivity contribution in [2.45, 2.75) is 271 Å². The van der Waals surface area contributed by atoms with Gasteiger partial charge in [0.05, 0.1) is 0 Å². The van der Waals surface area contributed by atoms with Crippen molar-refractivity contribution in [3.8, 4) is 0 Å². The fourth-order valence-corrected chi connectivity index (χ4v) is 7.81. The van der Waals surface area contributed by atoms with E-state index in [4.69, 9.17) is 14.2 Å². The Balaban J connectivity index is 4.50. The number of unbranched alkanes of at least 4 members (excludes halogenated alkanes) is 29. The van der Waals surface area contributed by atoms with Crippen LogP contribution in [0.4, 0.5) is 0 Å². The number of ether oxygens (including phenoxy) is 3. The molecule has 0 radical (unpaired) electrons. The zero-order valence-electron chi connectivity index (χ0n) is 45.0. The maximum atomic E-state index is 12.9. The Morgan fingerprint density at radius 1 is 0.290 bits per heavy atom. The number of carbonyl (C=O) groups is 3. The lowest BCUT2D eigenvalue weighted by Crippen LogP contribution is -2.30. The summed E-state index contributed by atoms with van der Waals surface area (Å²) < 4.78 is 16.8. The van der Waals surface area contributed by atoms with E-state index < -0.39 is 6.10 Å². The van der Waals surface area contributed by atoms with Gasteiger partial charge in [0.15, 0.2) is 6.10 Å². The molecule has 0 aromatic carbocycles. The van der Waals surface area contributed by atoms with Crippen molar-refractivity contribution in [1.82, 2.24) is 0 Å². The molecule has 1 atom stereocenters. The van der Waals surface area contributed by atoms with Gasteiger partial charge in [0.2, 0.25) is 0 Å². The minimum atomic E-state index is -0.803. The predicted molar refractivity (Wildman–Crippen MR) is 297 cm³/mol. The zero-order chi connectivity index (χ0) is 50.0. The summed E-state index contributed by atoms with van der Waals surface area (Å²) in [6.07, 6.45) is 75.3. The standard InChI is InChI=1S/C63H106O6/c1-4-7-10-13-16-19-22-25-28-31-33-35-38-41-44-47-50-53-56-62(65)68-59-60(58-67-61(64)55-52-49-46-43-40-37-34-30-27-24-21-18-15-12-9-6-3)69-63(66)57-54-51-48-45-42-39-36-32-29-26-23-20-17-14-11-8-5-2/h10,13,16,19,22,25-26,28-31,33-35,37,40,60H,4-9,11-12,14-15,17-18,20-21,23-24,27,32,36,38-39,41-59H2,1-3H3/b13-10-,19-16-,25-22-,29-26-,31-28-,34-30-,35-33-,40-37-. The van der Waals surface area contributed by atoms with Gasteiger partial charge in [-0.05, 0) is 89.9 Å². The summed E-state index contributed by atoms with van der Waals surface area (Å²) in [7, 11) is 0. The molecule has 0 rings (SSSR count). The highest BCUT2D eigenvalue weighted by molar-refractivity contribution is 5.71. The van der Waals surface area contributed by atoms with Crippen molar-refractivity contribution in [3.63, 3.8) is 0 Å². The van der Waals surface area contributed by atoms with Gasteiger partial charge in [-0.3, -0.25) is 14.4 Å². The lowest BCUT2D eigenvalue weighted by molar-refractivity contribution is -0.167. The van der Waals surface area contributed by atoms with E-state index >= 15 is 0 Å². The number of allylic oxidation sites excluding steroid dienone is 16. The molecule has 69 heavy (non-hydrogen) atoms. The first-order valence-electron chi connectivity index (χ1n) is 28.8. The Labute approximate surface area is 426 Å². The molecule has 0 bridgehead atoms. The highest BCUT2D eigenvalue weighted by Gasteiger charge is 2.19. The van der Waals surface area contributed by atoms with E-state index in [9.17, 15) is 14.4 Å². The third-order valence-corrected chi connectivity index (χ3v) is 12.2. The predicted octanol–water partition coefficient (Wildman–Crippen LogP) is 19.3. The van der Waals surface area contributed by atoms with Crippen molar-refractivity contribution in [2.24, 2.45) is 0 Å². The van der Waals surface area contributed by atoms with Gasteiger partial charge < -0.3 is 14.2 Å². The Hall–Kier alpha value is -3.67. The average Bonchev–Trinajstić information content (AvgIpc) is 3.35. The van der Waals surface area contributed by atoms with Crippen LogP contribution in [0.25, 0.3) is 0 Å². The van der Waals surface area contributed by atoms with Crippen LogP contribution in [0.2, 0.25) is 0 Å². The van der Waals surface area contributed by atoms with Crippen LogP contribution in [-0.4, -0.2) is 37.2 Å². The van der Waals surface area contributed by atoms with Crippen LogP contribution >= 0.6 is 0 Å². The van der Waals surface area contributed by atoms with E-state index in [0.717, 1.165) is 96.3 Å². The molecule has 0 heterocycles. The number of hydrogen-bond donors (Lipinski definition) is 0. The molecule has 0 aliphatic rings. The summed E-state index contributed by atoms with van der Waals surface area (Å²) in [6.45, 7) is 6.50. The Bertz CT molecular complexity index is 1380. The van der Waals surface area contributed by atoms with Gasteiger partial charge in [-0.2, -0.15) is 0 Å². The molecule has 0 amide bonds. The average molecular weight is 960 g/mol. The quantitative estimate of drug-likeness (QED) is 0.0199. The minimum Gasteiger partial charge on any atom is -0.462 e. The maximum Gasteiger partial charge on any atom is 0.306 e. The first kappa shape index (κ1) is 65.3. The van der Waals surface area contributed by atoms with Crippen LogP contribution in [-0.2, 0) is 28.6 Å². The summed E-state index contributed by atoms with van der Waals surface area (Å²) in [5, 5.41) is 0. The van der Waals surface area contributed by atoms with Crippen LogP contribution in [0.3, 0.4) is 0 Å². The Morgan fingerprint density at radius 3 is 0.942 bits per heavy atom. The van der Waals surface area contributed by atoms with Crippen LogP contribution < -0.4 is 0 Å². The molecule has 0 aromatic heterocycles. The first-order valence-corrected chi connectivity index (χ1v) is 28.8. The van der Waals surface area contributed by atoms with Crippen LogP contribution in [0.15, 0.2) is 97.2 Å². The van der Waals surface area contributed by atoms with Gasteiger partial charge in [-0.25, -0.2) is 0 Å². The van der Waals surface area contributed by atoms with Crippen molar-refractivity contribution in [2.75, 3.05) is 13.2 Å². The molecular formula is C63H106O6. The van der Waals surface area contributed by atoms with Crippen molar-refractivity contribution in [1.29, 1.82) is 0 Å². The van der Waals surface area contributed by atoms with Gasteiger partial charge in [0.1, 0.15) is 13.2 Å². The molecule has 0 spiro atoms. The van der Waals surface area contributed by atoms with Gasteiger partial charge in [-0.15, -0.1) is 0 Å². The smallest absolute Gasteiger partial charge is 0.306 e. The highest BCUT2D eigenvalue weighted by atomic mass is 16.6. The molecule has 0 N–H and O–H groups in total. The van der Waals surface area contributed by atoms with E-state index in [0.29, 0.717) is 19.3 Å². The molecule has 0 aromatic rings. The SMILES string of the molecule is CCC\C=C/C=C\C=C/C=C\C=C/CCCCCCCC(=O)OCC(COC(=O)CCCCC/C=C\C=C/CCCCCCCCC)OC(=O)CCCCCCCCC/C=C\CCCCCCCC. The van der Waals surface area contributed by atoms with E-state index in [1.807, 2.05) is 24.3 Å². The number of rotatable bonds is 51. The molecule has 0 saturated carbocycles. The van der Waals surface area contributed by atoms with Crippen molar-refractivity contribution < 1.29 is 28.6 Å². The highest BCUT2D eigenvalue weighted by Crippen LogP contribution is 2.14. The van der Waals surface area contributed by atoms with Crippen LogP contribution in [0.1, 0.15) is 265 Å². The lowest BCUT2D eigenvalue weighted by atomic mass is 10.1. The fourth-order valence-electron chi connectivity index (χ4n) is 7.81. The van der Waals surface area contributed by atoms with Gasteiger partial charge in [0, 0.05) is 19.3 Å². The lowest BCUT2D eigenvalue weighted by Gasteiger charge is -2.18. The minimum absolute atomic E-state index is 0.102. The van der Waals surface area contributed by atoms with Crippen LogP contribution in [0, 0.1) is 0 Å². The second kappa shape index (κ2) is 56.9. The monoisotopic (exact) mass is 959 g/mol. The van der Waals surface area contributed by atoms with Crippen molar-refractivity contribution >= 4 is 17.9 Å². The zero-order valence-corrected chi connectivity index (χ0v) is 45.0. The number of hydrogen-bond acceptors (Lipinski definition) is 6. The second-order valence-corrected chi connectivity index (χ2v) is 19.0. The first-order chi connectivity index (χ1) is 34.0. The second-order valence-electron chi connectivity index (χ2n) is 19.0. The molecule has 1 unspecified atom stereocenters. The van der Waals surface area contributed by atoms with Gasteiger partial charge >= 0.3 is 17.9 Å². The molecule has 6 heteroatoms. The van der Waals surface area contributed by atoms with Crippen molar-refractivity contribution in [3.05, 3.63) is 97.2 Å². The van der Waals surface area contributed by atoms with Crippen LogP contribution in [0.5, 0.6) is 0 Å². The molecule has 0 aliphatic heterocycles. The largest absolute Gasteiger partial charge is 0.462 e. The van der Waals surface area contributed by atoms with E-state index in [2.05, 4.69) is 93.7 Å². The van der Waals surface area contributed by atoms with Gasteiger partial charge in [-0.1, -0.05) is 253 Å². The normalized spacial score (nSPS) is 12.8. The Morgan fingerprint density at radius 2 is 0.565 bits per heavy atom. The third kappa shape index (κ3) is 55.1. The summed E-state index contributed by atoms with van der Waals surface area (Å²) in [5.41, 5.74) is 0. The fraction of sp³-hybridized carbons (Fsp3) is 0.698. The summed E-state index contributed by atoms with van der Waals surface area (Å²) in [6, 6.07) is 0. The number of esters is 3.